The molecule has 0 bridgehead atoms. The third-order valence-electron chi connectivity index (χ3n) is 5.93. The van der Waals surface area contributed by atoms with Gasteiger partial charge in [-0.05, 0) is 29.3 Å². The monoisotopic (exact) mass is 487 g/mol. The van der Waals surface area contributed by atoms with Gasteiger partial charge in [-0.15, -0.1) is 0 Å². The van der Waals surface area contributed by atoms with Gasteiger partial charge in [0, 0.05) is 18.9 Å². The molecule has 36 heavy (non-hydrogen) atoms. The number of methoxy groups -OCH3 is 1. The van der Waals surface area contributed by atoms with E-state index in [-0.39, 0.29) is 23.0 Å². The highest BCUT2D eigenvalue weighted by Crippen LogP contribution is 2.39. The Hall–Kier alpha value is -4.78. The first-order chi connectivity index (χ1) is 17.3. The lowest BCUT2D eigenvalue weighted by atomic mass is 9.79. The minimum Gasteiger partial charge on any atom is -0.489 e. The van der Waals surface area contributed by atoms with E-state index in [0.29, 0.717) is 11.1 Å². The summed E-state index contributed by atoms with van der Waals surface area (Å²) < 4.78 is 25.6. The van der Waals surface area contributed by atoms with Crippen molar-refractivity contribution in [1.82, 2.24) is 14.7 Å². The van der Waals surface area contributed by atoms with E-state index < -0.39 is 29.1 Å². The van der Waals surface area contributed by atoms with E-state index in [4.69, 9.17) is 9.26 Å². The Labute approximate surface area is 205 Å². The number of ether oxygens (including phenoxy) is 1. The lowest BCUT2D eigenvalue weighted by Gasteiger charge is -2.27. The molecule has 0 spiro atoms. The SMILES string of the molecule is COc1c(C(=O)Nc2cnoc2)nc(C(C)C(c2ccccc2)c2cc(F)ccc2C#N)n(C)c1=O. The molecule has 2 aromatic carbocycles. The van der Waals surface area contributed by atoms with Gasteiger partial charge < -0.3 is 14.6 Å². The number of benzene rings is 2. The molecule has 0 fully saturated rings. The molecule has 0 aliphatic heterocycles. The summed E-state index contributed by atoms with van der Waals surface area (Å²) in [5.74, 6) is -2.30. The zero-order valence-electron chi connectivity index (χ0n) is 19.7. The van der Waals surface area contributed by atoms with E-state index in [2.05, 4.69) is 21.5 Å². The molecule has 0 saturated carbocycles. The maximum Gasteiger partial charge on any atom is 0.296 e. The van der Waals surface area contributed by atoms with Crippen LogP contribution in [0.25, 0.3) is 0 Å². The zero-order chi connectivity index (χ0) is 25.8. The number of halogens is 1. The first-order valence-electron chi connectivity index (χ1n) is 11.0. The molecule has 4 rings (SSSR count). The van der Waals surface area contributed by atoms with Crippen LogP contribution >= 0.6 is 0 Å². The molecule has 4 aromatic rings. The minimum absolute atomic E-state index is 0.227. The normalized spacial score (nSPS) is 12.4. The van der Waals surface area contributed by atoms with Crippen molar-refractivity contribution >= 4 is 11.6 Å². The second kappa shape index (κ2) is 10.2. The second-order valence-electron chi connectivity index (χ2n) is 8.10. The van der Waals surface area contributed by atoms with Crippen molar-refractivity contribution in [3.8, 4) is 11.8 Å². The highest BCUT2D eigenvalue weighted by Gasteiger charge is 2.31. The molecule has 1 amide bonds. The molecule has 0 aliphatic carbocycles. The summed E-state index contributed by atoms with van der Waals surface area (Å²) in [6, 6.07) is 15.3. The third-order valence-corrected chi connectivity index (χ3v) is 5.93. The van der Waals surface area contributed by atoms with Crippen molar-refractivity contribution in [1.29, 1.82) is 5.26 Å². The Morgan fingerprint density at radius 2 is 2.00 bits per heavy atom. The molecular weight excluding hydrogens is 465 g/mol. The predicted octanol–water partition coefficient (Wildman–Crippen LogP) is 3.98. The Kier molecular flexibility index (Phi) is 6.92. The van der Waals surface area contributed by atoms with Crippen LogP contribution in [-0.2, 0) is 7.05 Å². The number of nitriles is 1. The number of rotatable bonds is 7. The van der Waals surface area contributed by atoms with Crippen molar-refractivity contribution in [2.75, 3.05) is 12.4 Å². The van der Waals surface area contributed by atoms with Crippen molar-refractivity contribution in [3.63, 3.8) is 0 Å². The van der Waals surface area contributed by atoms with Crippen molar-refractivity contribution < 1.29 is 18.4 Å². The zero-order valence-corrected chi connectivity index (χ0v) is 19.7. The highest BCUT2D eigenvalue weighted by atomic mass is 19.1. The number of nitrogens with zero attached hydrogens (tertiary/aromatic N) is 4. The summed E-state index contributed by atoms with van der Waals surface area (Å²) in [5.41, 5.74) is 0.997. The molecule has 2 aromatic heterocycles. The fraction of sp³-hybridized carbons (Fsp3) is 0.192. The third kappa shape index (κ3) is 4.59. The Morgan fingerprint density at radius 3 is 2.64 bits per heavy atom. The Morgan fingerprint density at radius 1 is 1.25 bits per heavy atom. The summed E-state index contributed by atoms with van der Waals surface area (Å²) in [6.45, 7) is 1.81. The number of nitrogens with one attached hydrogen (secondary N) is 1. The summed E-state index contributed by atoms with van der Waals surface area (Å²) in [7, 11) is 2.79. The largest absolute Gasteiger partial charge is 0.489 e. The van der Waals surface area contributed by atoms with Gasteiger partial charge in [0.25, 0.3) is 11.5 Å². The fourth-order valence-electron chi connectivity index (χ4n) is 4.24. The van der Waals surface area contributed by atoms with Crippen LogP contribution in [0.4, 0.5) is 10.1 Å². The fourth-order valence-corrected chi connectivity index (χ4v) is 4.24. The molecule has 9 nitrogen and oxygen atoms in total. The molecule has 2 atom stereocenters. The molecule has 0 saturated heterocycles. The van der Waals surface area contributed by atoms with Crippen LogP contribution in [0.2, 0.25) is 0 Å². The quantitative estimate of drug-likeness (QED) is 0.418. The van der Waals surface area contributed by atoms with Crippen molar-refractivity contribution in [2.24, 2.45) is 7.05 Å². The molecule has 0 aliphatic rings. The molecule has 1 N–H and O–H groups in total. The van der Waals surface area contributed by atoms with E-state index in [9.17, 15) is 19.2 Å². The van der Waals surface area contributed by atoms with Crippen molar-refractivity contribution in [2.45, 2.75) is 18.8 Å². The number of carbonyl (C=O) groups is 1. The van der Waals surface area contributed by atoms with Crippen LogP contribution in [-0.4, -0.2) is 27.7 Å². The smallest absolute Gasteiger partial charge is 0.296 e. The number of carbonyl (C=O) groups excluding carboxylic acids is 1. The molecule has 10 heteroatoms. The number of hydrogen-bond donors (Lipinski definition) is 1. The Bertz CT molecular complexity index is 1490. The number of hydrogen-bond acceptors (Lipinski definition) is 7. The lowest BCUT2D eigenvalue weighted by molar-refractivity contribution is 0.101. The standard InChI is InChI=1S/C26H22FN5O4/c1-15(21(16-7-5-4-6-8-16)20-11-18(27)10-9-17(20)12-28)24-31-22(23(35-3)26(34)32(24)2)25(33)30-19-13-29-36-14-19/h4-11,13-15,21H,1-3H3,(H,30,33). The maximum atomic E-state index is 14.4. The van der Waals surface area contributed by atoms with Gasteiger partial charge in [0.2, 0.25) is 5.75 Å². The Balaban J connectivity index is 1.90. The summed E-state index contributed by atoms with van der Waals surface area (Å²) in [4.78, 5) is 30.8. The van der Waals surface area contributed by atoms with Gasteiger partial charge in [-0.3, -0.25) is 14.2 Å². The number of anilines is 1. The number of amides is 1. The first kappa shape index (κ1) is 24.3. The molecule has 2 unspecified atom stereocenters. The lowest BCUT2D eigenvalue weighted by Crippen LogP contribution is -2.31. The van der Waals surface area contributed by atoms with E-state index >= 15 is 0 Å². The van der Waals surface area contributed by atoms with Crippen LogP contribution in [0, 0.1) is 17.1 Å². The summed E-state index contributed by atoms with van der Waals surface area (Å²) in [5, 5.41) is 15.8. The average Bonchev–Trinajstić information content (AvgIpc) is 3.39. The molecule has 0 radical (unpaired) electrons. The van der Waals surface area contributed by atoms with Gasteiger partial charge in [-0.2, -0.15) is 5.26 Å². The number of aromatic nitrogens is 3. The van der Waals surface area contributed by atoms with Gasteiger partial charge >= 0.3 is 0 Å². The maximum absolute atomic E-state index is 14.4. The highest BCUT2D eigenvalue weighted by molar-refractivity contribution is 6.04. The van der Waals surface area contributed by atoms with E-state index in [0.717, 1.165) is 5.56 Å². The summed E-state index contributed by atoms with van der Waals surface area (Å²) >= 11 is 0. The molecule has 182 valence electrons. The predicted molar refractivity (Wildman–Crippen MR) is 128 cm³/mol. The van der Waals surface area contributed by atoms with Gasteiger partial charge in [-0.1, -0.05) is 42.4 Å². The van der Waals surface area contributed by atoms with Crippen molar-refractivity contribution in [3.05, 3.63) is 105 Å². The second-order valence-corrected chi connectivity index (χ2v) is 8.10. The molecule has 2 heterocycles. The van der Waals surface area contributed by atoms with Crippen LogP contribution < -0.4 is 15.6 Å². The first-order valence-corrected chi connectivity index (χ1v) is 11.0. The van der Waals surface area contributed by atoms with E-state index in [1.807, 2.05) is 30.3 Å². The van der Waals surface area contributed by atoms with Gasteiger partial charge in [-0.25, -0.2) is 9.37 Å². The van der Waals surface area contributed by atoms with Gasteiger partial charge in [0.1, 0.15) is 23.6 Å². The van der Waals surface area contributed by atoms with E-state index in [1.165, 1.54) is 49.4 Å². The van der Waals surface area contributed by atoms with Crippen LogP contribution in [0.3, 0.4) is 0 Å². The van der Waals surface area contributed by atoms with Crippen LogP contribution in [0.15, 0.2) is 70.3 Å². The van der Waals surface area contributed by atoms with E-state index in [1.54, 1.807) is 6.92 Å². The van der Waals surface area contributed by atoms with Crippen LogP contribution in [0.1, 0.15) is 51.8 Å². The topological polar surface area (TPSA) is 123 Å². The van der Waals surface area contributed by atoms with Crippen LogP contribution in [0.5, 0.6) is 5.75 Å². The summed E-state index contributed by atoms with van der Waals surface area (Å²) in [6.07, 6.45) is 2.53. The average molecular weight is 487 g/mol. The minimum atomic E-state index is -0.694. The molecular formula is C26H22FN5O4. The van der Waals surface area contributed by atoms with Gasteiger partial charge in [0.15, 0.2) is 5.69 Å². The van der Waals surface area contributed by atoms with Gasteiger partial charge in [0.05, 0.1) is 24.9 Å².